The number of hydrogen-bond donors (Lipinski definition) is 2. The van der Waals surface area contributed by atoms with Gasteiger partial charge >= 0.3 is 6.18 Å². The Morgan fingerprint density at radius 2 is 2.03 bits per heavy atom. The summed E-state index contributed by atoms with van der Waals surface area (Å²) in [7, 11) is 1.40. The molecule has 1 aliphatic rings. The molecule has 11 heteroatoms. The molecule has 0 saturated carbocycles. The van der Waals surface area contributed by atoms with Crippen molar-refractivity contribution in [3.63, 3.8) is 0 Å². The number of carbonyl (C=O) groups excluding carboxylic acids is 1. The highest BCUT2D eigenvalue weighted by Gasteiger charge is 2.25. The summed E-state index contributed by atoms with van der Waals surface area (Å²) < 4.78 is 43.9. The number of halogens is 3. The number of fused-ring (bicyclic) bond motifs is 5. The highest BCUT2D eigenvalue weighted by atomic mass is 32.1. The minimum atomic E-state index is -4.46. The first-order chi connectivity index (χ1) is 16.2. The zero-order chi connectivity index (χ0) is 24.0. The number of benzene rings is 1. The van der Waals surface area contributed by atoms with E-state index in [0.29, 0.717) is 28.2 Å². The highest BCUT2D eigenvalue weighted by molar-refractivity contribution is 7.21. The lowest BCUT2D eigenvalue weighted by Gasteiger charge is -2.11. The van der Waals surface area contributed by atoms with E-state index in [4.69, 9.17) is 9.72 Å². The Hall–Kier alpha value is -3.73. The fraction of sp³-hybridized carbons (Fsp3) is 0.217. The Kier molecular flexibility index (Phi) is 5.35. The zero-order valence-electron chi connectivity index (χ0n) is 18.0. The second-order valence-electron chi connectivity index (χ2n) is 7.83. The van der Waals surface area contributed by atoms with Crippen molar-refractivity contribution in [2.45, 2.75) is 19.1 Å². The molecule has 1 amide bonds. The minimum absolute atomic E-state index is 0.00546. The number of alkyl halides is 3. The average molecular weight is 485 g/mol. The van der Waals surface area contributed by atoms with Crippen LogP contribution in [-0.4, -0.2) is 47.0 Å². The van der Waals surface area contributed by atoms with Crippen molar-refractivity contribution >= 4 is 50.0 Å². The molecule has 3 aromatic heterocycles. The Labute approximate surface area is 195 Å². The maximum Gasteiger partial charge on any atom is 0.409 e. The van der Waals surface area contributed by atoms with Crippen LogP contribution in [0.4, 0.5) is 18.9 Å². The van der Waals surface area contributed by atoms with Gasteiger partial charge in [0.25, 0.3) is 5.91 Å². The molecule has 7 nitrogen and oxygen atoms in total. The highest BCUT2D eigenvalue weighted by Crippen LogP contribution is 2.41. The van der Waals surface area contributed by atoms with Gasteiger partial charge in [-0.3, -0.25) is 4.79 Å². The Morgan fingerprint density at radius 3 is 2.79 bits per heavy atom. The lowest BCUT2D eigenvalue weighted by molar-refractivity contribution is -0.0790. The van der Waals surface area contributed by atoms with E-state index >= 15 is 0 Å². The average Bonchev–Trinajstić information content (AvgIpc) is 3.13. The number of methoxy groups -OCH3 is 1. The molecule has 0 spiro atoms. The van der Waals surface area contributed by atoms with Gasteiger partial charge in [0, 0.05) is 34.1 Å². The molecule has 0 aliphatic carbocycles. The van der Waals surface area contributed by atoms with Crippen molar-refractivity contribution in [2.75, 3.05) is 19.0 Å². The topological polar surface area (TPSA) is 89.0 Å². The largest absolute Gasteiger partial charge is 0.479 e. The maximum absolute atomic E-state index is 12.6. The molecule has 1 atom stereocenters. The Bertz CT molecular complexity index is 1460. The number of carbonyl (C=O) groups is 1. The van der Waals surface area contributed by atoms with Crippen LogP contribution in [-0.2, 0) is 0 Å². The van der Waals surface area contributed by atoms with Crippen LogP contribution in [0.5, 0.6) is 5.88 Å². The Morgan fingerprint density at radius 1 is 1.21 bits per heavy atom. The van der Waals surface area contributed by atoms with Crippen LogP contribution in [0, 0.1) is 0 Å². The van der Waals surface area contributed by atoms with Crippen LogP contribution in [0.3, 0.4) is 0 Å². The van der Waals surface area contributed by atoms with Gasteiger partial charge in [0.05, 0.1) is 35.3 Å². The maximum atomic E-state index is 12.6. The smallest absolute Gasteiger partial charge is 0.409 e. The summed E-state index contributed by atoms with van der Waals surface area (Å²) in [5.41, 5.74) is 2.36. The molecule has 0 saturated heterocycles. The number of anilines is 1. The fourth-order valence-electron chi connectivity index (χ4n) is 3.87. The molecule has 2 N–H and O–H groups in total. The number of nitrogens with one attached hydrogen (secondary N) is 2. The molecular weight excluding hydrogens is 467 g/mol. The van der Waals surface area contributed by atoms with Crippen molar-refractivity contribution in [2.24, 2.45) is 0 Å². The van der Waals surface area contributed by atoms with Crippen molar-refractivity contribution in [1.82, 2.24) is 20.5 Å². The molecule has 1 aliphatic heterocycles. The lowest BCUT2D eigenvalue weighted by atomic mass is 10.1. The van der Waals surface area contributed by atoms with E-state index < -0.39 is 6.18 Å². The minimum Gasteiger partial charge on any atom is -0.479 e. The molecule has 4 aromatic rings. The molecule has 0 unspecified atom stereocenters. The number of ether oxygens (including phenoxy) is 1. The molecule has 4 heterocycles. The van der Waals surface area contributed by atoms with E-state index in [-0.39, 0.29) is 29.6 Å². The molecule has 174 valence electrons. The molecular formula is C23H18F3N5O2S. The van der Waals surface area contributed by atoms with Crippen molar-refractivity contribution in [3.05, 3.63) is 47.0 Å². The summed E-state index contributed by atoms with van der Waals surface area (Å²) in [6.45, 7) is 2.53. The van der Waals surface area contributed by atoms with Crippen LogP contribution in [0.1, 0.15) is 22.3 Å². The summed E-state index contributed by atoms with van der Waals surface area (Å²) in [6.07, 6.45) is -3.52. The van der Waals surface area contributed by atoms with E-state index in [9.17, 15) is 18.0 Å². The summed E-state index contributed by atoms with van der Waals surface area (Å²) in [4.78, 5) is 18.0. The van der Waals surface area contributed by atoms with Gasteiger partial charge in [-0.25, -0.2) is 4.98 Å². The van der Waals surface area contributed by atoms with Gasteiger partial charge < -0.3 is 15.4 Å². The third kappa shape index (κ3) is 4.03. The molecule has 1 aromatic carbocycles. The number of pyridine rings is 1. The van der Waals surface area contributed by atoms with Crippen molar-refractivity contribution < 1.29 is 22.7 Å². The van der Waals surface area contributed by atoms with Crippen molar-refractivity contribution in [1.29, 1.82) is 0 Å². The molecule has 0 bridgehead atoms. The van der Waals surface area contributed by atoms with Gasteiger partial charge in [-0.15, -0.1) is 21.5 Å². The predicted molar refractivity (Wildman–Crippen MR) is 125 cm³/mol. The van der Waals surface area contributed by atoms with Gasteiger partial charge in [0.15, 0.2) is 0 Å². The number of amides is 1. The second kappa shape index (κ2) is 8.24. The van der Waals surface area contributed by atoms with Crippen LogP contribution in [0.2, 0.25) is 0 Å². The number of allylic oxidation sites excluding steroid dienone is 1. The number of rotatable bonds is 3. The first-order valence-electron chi connectivity index (χ1n) is 10.3. The quantitative estimate of drug-likeness (QED) is 0.423. The van der Waals surface area contributed by atoms with E-state index in [1.807, 2.05) is 25.1 Å². The predicted octanol–water partition coefficient (Wildman–Crippen LogP) is 5.03. The third-order valence-electron chi connectivity index (χ3n) is 5.38. The molecule has 34 heavy (non-hydrogen) atoms. The summed E-state index contributed by atoms with van der Waals surface area (Å²) >= 11 is 1.41. The second-order valence-corrected chi connectivity index (χ2v) is 8.88. The van der Waals surface area contributed by atoms with Gasteiger partial charge in [0.2, 0.25) is 5.88 Å². The first kappa shape index (κ1) is 22.1. The summed E-state index contributed by atoms with van der Waals surface area (Å²) in [6, 6.07) is 8.84. The summed E-state index contributed by atoms with van der Waals surface area (Å²) in [5, 5.41) is 15.8. The molecule has 0 fully saturated rings. The monoisotopic (exact) mass is 485 g/mol. The van der Waals surface area contributed by atoms with Crippen LogP contribution in [0.15, 0.2) is 36.4 Å². The Balaban J connectivity index is 1.64. The van der Waals surface area contributed by atoms with E-state index in [2.05, 4.69) is 20.8 Å². The third-order valence-corrected chi connectivity index (χ3v) is 6.54. The van der Waals surface area contributed by atoms with Crippen LogP contribution in [0.25, 0.3) is 38.3 Å². The number of aromatic nitrogens is 3. The molecule has 5 rings (SSSR count). The van der Waals surface area contributed by atoms with Crippen LogP contribution >= 0.6 is 11.3 Å². The number of nitrogens with zero attached hydrogens (tertiary/aromatic N) is 3. The van der Waals surface area contributed by atoms with Crippen molar-refractivity contribution in [3.8, 4) is 17.1 Å². The standard InChI is InChI=1S/C23H18F3N5O2S/c1-11-10-27-19-18-13-3-4-16(29-15(13)5-6-17(18)34-20(19)21(32)28-11)14-9-12(7-8-23(24,25)26)30-31-22(14)33-2/h3-9,11,27H,10H2,1-2H3,(H,28,32)/b8-7+/t11-/m1/s1. The van der Waals surface area contributed by atoms with Gasteiger partial charge in [-0.2, -0.15) is 13.2 Å². The molecule has 0 radical (unpaired) electrons. The first-order valence-corrected chi connectivity index (χ1v) is 11.1. The SMILES string of the molecule is COc1nnc(/C=C/C(F)(F)F)cc1-c1ccc2c(ccc3sc4c(c32)NC[C@@H](C)NC4=O)n1. The normalized spacial score (nSPS) is 16.4. The van der Waals surface area contributed by atoms with Gasteiger partial charge in [-0.1, -0.05) is 0 Å². The van der Waals surface area contributed by atoms with E-state index in [1.54, 1.807) is 6.07 Å². The van der Waals surface area contributed by atoms with E-state index in [0.717, 1.165) is 27.2 Å². The summed E-state index contributed by atoms with van der Waals surface area (Å²) in [5.74, 6) is 0.0345. The van der Waals surface area contributed by atoms with E-state index in [1.165, 1.54) is 24.5 Å². The number of thiophene rings is 1. The van der Waals surface area contributed by atoms with Gasteiger partial charge in [0.1, 0.15) is 4.88 Å². The van der Waals surface area contributed by atoms with Crippen LogP contribution < -0.4 is 15.4 Å². The van der Waals surface area contributed by atoms with Gasteiger partial charge in [-0.05, 0) is 43.3 Å². The number of hydrogen-bond acceptors (Lipinski definition) is 7. The zero-order valence-corrected chi connectivity index (χ0v) is 18.8. The lowest BCUT2D eigenvalue weighted by Crippen LogP contribution is -2.34. The fourth-order valence-corrected chi connectivity index (χ4v) is 4.96.